The van der Waals surface area contributed by atoms with Gasteiger partial charge in [-0.3, -0.25) is 9.10 Å². The second-order valence-corrected chi connectivity index (χ2v) is 8.11. The van der Waals surface area contributed by atoms with Gasteiger partial charge >= 0.3 is 0 Å². The molecule has 2 aromatic rings. The maximum Gasteiger partial charge on any atom is 0.232 e. The van der Waals surface area contributed by atoms with E-state index < -0.39 is 10.0 Å². The highest BCUT2D eigenvalue weighted by Crippen LogP contribution is 2.29. The summed E-state index contributed by atoms with van der Waals surface area (Å²) in [6, 6.07) is 11.9. The number of hydrogen-bond acceptors (Lipinski definition) is 4. The summed E-state index contributed by atoms with van der Waals surface area (Å²) in [7, 11) is -2.11. The van der Waals surface area contributed by atoms with E-state index in [1.807, 2.05) is 6.92 Å². The van der Waals surface area contributed by atoms with Gasteiger partial charge in [0.1, 0.15) is 5.75 Å². The van der Waals surface area contributed by atoms with Crippen LogP contribution in [0.25, 0.3) is 0 Å². The van der Waals surface area contributed by atoms with Crippen LogP contribution in [0.2, 0.25) is 5.02 Å². The number of aryl methyl sites for hydroxylation is 1. The molecule has 1 amide bonds. The molecule has 2 rings (SSSR count). The van der Waals surface area contributed by atoms with Crippen LogP contribution in [-0.4, -0.2) is 34.2 Å². The number of carbonyl (C=O) groups excluding carboxylic acids is 1. The van der Waals surface area contributed by atoms with Gasteiger partial charge in [-0.25, -0.2) is 8.42 Å². The van der Waals surface area contributed by atoms with Crippen molar-refractivity contribution in [2.45, 2.75) is 13.3 Å². The van der Waals surface area contributed by atoms with E-state index in [2.05, 4.69) is 5.32 Å². The molecule has 0 saturated carbocycles. The molecule has 8 heteroatoms. The van der Waals surface area contributed by atoms with Crippen LogP contribution < -0.4 is 14.4 Å². The molecule has 0 spiro atoms. The third-order valence-corrected chi connectivity index (χ3v) is 5.17. The van der Waals surface area contributed by atoms with Gasteiger partial charge in [-0.05, 0) is 42.8 Å². The first-order chi connectivity index (χ1) is 12.2. The molecule has 0 aromatic heterocycles. The van der Waals surface area contributed by atoms with Crippen molar-refractivity contribution >= 4 is 38.9 Å². The Morgan fingerprint density at radius 1 is 1.23 bits per heavy atom. The fraction of sp³-hybridized carbons (Fsp3) is 0.278. The van der Waals surface area contributed by atoms with Crippen LogP contribution in [0.4, 0.5) is 11.4 Å². The summed E-state index contributed by atoms with van der Waals surface area (Å²) < 4.78 is 30.8. The predicted octanol–water partition coefficient (Wildman–Crippen LogP) is 3.45. The van der Waals surface area contributed by atoms with Crippen molar-refractivity contribution in [1.29, 1.82) is 0 Å². The average Bonchev–Trinajstić information content (AvgIpc) is 2.57. The van der Waals surface area contributed by atoms with Gasteiger partial charge < -0.3 is 10.1 Å². The van der Waals surface area contributed by atoms with E-state index in [0.717, 1.165) is 11.8 Å². The highest BCUT2D eigenvalue weighted by Gasteiger charge is 2.21. The minimum absolute atomic E-state index is 0.00230. The molecule has 0 aliphatic heterocycles. The van der Waals surface area contributed by atoms with E-state index in [1.165, 1.54) is 11.4 Å². The number of amides is 1. The fourth-order valence-corrected chi connectivity index (χ4v) is 3.64. The molecule has 6 nitrogen and oxygen atoms in total. The lowest BCUT2D eigenvalue weighted by atomic mass is 10.2. The molecule has 0 unspecified atom stereocenters. The van der Waals surface area contributed by atoms with Gasteiger partial charge in [0.2, 0.25) is 15.9 Å². The van der Waals surface area contributed by atoms with Crippen molar-refractivity contribution in [1.82, 2.24) is 0 Å². The number of rotatable bonds is 7. The summed E-state index contributed by atoms with van der Waals surface area (Å²) in [6.45, 7) is 1.83. The highest BCUT2D eigenvalue weighted by atomic mass is 35.5. The zero-order chi connectivity index (χ0) is 19.3. The molecule has 0 bridgehead atoms. The van der Waals surface area contributed by atoms with Crippen molar-refractivity contribution in [3.8, 4) is 5.75 Å². The van der Waals surface area contributed by atoms with Crippen LogP contribution in [0, 0.1) is 6.92 Å². The number of nitrogens with one attached hydrogen (secondary N) is 1. The van der Waals surface area contributed by atoms with Gasteiger partial charge in [0, 0.05) is 23.7 Å². The van der Waals surface area contributed by atoms with Crippen LogP contribution in [0.3, 0.4) is 0 Å². The lowest BCUT2D eigenvalue weighted by Crippen LogP contribution is -2.33. The Balaban J connectivity index is 2.14. The molecule has 2 aromatic carbocycles. The molecule has 0 saturated heterocycles. The topological polar surface area (TPSA) is 75.7 Å². The number of sulfonamides is 1. The number of para-hydroxylation sites is 2. The van der Waals surface area contributed by atoms with Crippen LogP contribution in [-0.2, 0) is 14.8 Å². The first-order valence-electron chi connectivity index (χ1n) is 7.89. The summed E-state index contributed by atoms with van der Waals surface area (Å²) in [5.74, 6) is 0.130. The fourth-order valence-electron chi connectivity index (χ4n) is 2.48. The first kappa shape index (κ1) is 20.1. The molecule has 1 N–H and O–H groups in total. The monoisotopic (exact) mass is 396 g/mol. The number of halogens is 1. The summed E-state index contributed by atoms with van der Waals surface area (Å²) in [5, 5.41) is 3.36. The third kappa shape index (κ3) is 5.12. The van der Waals surface area contributed by atoms with Gasteiger partial charge in [0.15, 0.2) is 0 Å². The second kappa shape index (κ2) is 8.42. The first-order valence-corrected chi connectivity index (χ1v) is 10.1. The van der Waals surface area contributed by atoms with Crippen LogP contribution in [0.5, 0.6) is 5.75 Å². The number of hydrogen-bond donors (Lipinski definition) is 1. The summed E-state index contributed by atoms with van der Waals surface area (Å²) in [4.78, 5) is 12.3. The van der Waals surface area contributed by atoms with Crippen LogP contribution in [0.1, 0.15) is 12.0 Å². The molecule has 0 fully saturated rings. The van der Waals surface area contributed by atoms with Crippen molar-refractivity contribution in [3.63, 3.8) is 0 Å². The molecular formula is C18H21ClN2O4S. The van der Waals surface area contributed by atoms with E-state index >= 15 is 0 Å². The van der Waals surface area contributed by atoms with Crippen molar-refractivity contribution in [2.24, 2.45) is 0 Å². The zero-order valence-corrected chi connectivity index (χ0v) is 16.4. The quantitative estimate of drug-likeness (QED) is 0.777. The van der Waals surface area contributed by atoms with Crippen LogP contribution in [0.15, 0.2) is 42.5 Å². The molecule has 26 heavy (non-hydrogen) atoms. The SMILES string of the molecule is COc1ccccc1N(CCC(=O)Nc1ccc(Cl)cc1C)S(C)(=O)=O. The average molecular weight is 397 g/mol. The van der Waals surface area contributed by atoms with E-state index in [9.17, 15) is 13.2 Å². The molecular weight excluding hydrogens is 376 g/mol. The maximum atomic E-state index is 12.3. The zero-order valence-electron chi connectivity index (χ0n) is 14.8. The Hall–Kier alpha value is -2.25. The Bertz CT molecular complexity index is 900. The van der Waals surface area contributed by atoms with E-state index in [1.54, 1.807) is 42.5 Å². The Morgan fingerprint density at radius 2 is 1.92 bits per heavy atom. The number of carbonyl (C=O) groups is 1. The number of nitrogens with zero attached hydrogens (tertiary/aromatic N) is 1. The Labute approximate surface area is 158 Å². The third-order valence-electron chi connectivity index (χ3n) is 3.76. The maximum absolute atomic E-state index is 12.3. The minimum atomic E-state index is -3.58. The number of methoxy groups -OCH3 is 1. The lowest BCUT2D eigenvalue weighted by Gasteiger charge is -2.24. The van der Waals surface area contributed by atoms with Crippen molar-refractivity contribution < 1.29 is 17.9 Å². The van der Waals surface area contributed by atoms with Gasteiger partial charge in [0.25, 0.3) is 0 Å². The van der Waals surface area contributed by atoms with E-state index in [4.69, 9.17) is 16.3 Å². The lowest BCUT2D eigenvalue weighted by molar-refractivity contribution is -0.116. The molecule has 140 valence electrons. The molecule has 0 radical (unpaired) electrons. The summed E-state index contributed by atoms with van der Waals surface area (Å²) in [5.41, 5.74) is 1.87. The summed E-state index contributed by atoms with van der Waals surface area (Å²) in [6.07, 6.45) is 1.09. The molecule has 0 aliphatic carbocycles. The molecule has 0 atom stereocenters. The van der Waals surface area contributed by atoms with E-state index in [0.29, 0.717) is 22.1 Å². The number of benzene rings is 2. The largest absolute Gasteiger partial charge is 0.495 e. The van der Waals surface area contributed by atoms with E-state index in [-0.39, 0.29) is 18.9 Å². The second-order valence-electron chi connectivity index (χ2n) is 5.76. The Morgan fingerprint density at radius 3 is 2.54 bits per heavy atom. The van der Waals surface area contributed by atoms with Crippen molar-refractivity contribution in [3.05, 3.63) is 53.1 Å². The minimum Gasteiger partial charge on any atom is -0.495 e. The number of ether oxygens (including phenoxy) is 1. The summed E-state index contributed by atoms with van der Waals surface area (Å²) >= 11 is 5.90. The van der Waals surface area contributed by atoms with Gasteiger partial charge in [-0.2, -0.15) is 0 Å². The van der Waals surface area contributed by atoms with Crippen molar-refractivity contribution in [2.75, 3.05) is 29.5 Å². The molecule has 0 heterocycles. The highest BCUT2D eigenvalue weighted by molar-refractivity contribution is 7.92. The molecule has 0 aliphatic rings. The standard InChI is InChI=1S/C18H21ClN2O4S/c1-13-12-14(19)8-9-15(13)20-18(22)10-11-21(26(3,23)24)16-6-4-5-7-17(16)25-2/h4-9,12H,10-11H2,1-3H3,(H,20,22). The predicted molar refractivity (Wildman–Crippen MR) is 105 cm³/mol. The van der Waals surface area contributed by atoms with Gasteiger partial charge in [0.05, 0.1) is 19.1 Å². The smallest absolute Gasteiger partial charge is 0.232 e. The van der Waals surface area contributed by atoms with Gasteiger partial charge in [-0.1, -0.05) is 23.7 Å². The number of anilines is 2. The normalized spacial score (nSPS) is 11.1. The Kier molecular flexibility index (Phi) is 6.50. The van der Waals surface area contributed by atoms with Gasteiger partial charge in [-0.15, -0.1) is 0 Å². The van der Waals surface area contributed by atoms with Crippen LogP contribution >= 0.6 is 11.6 Å².